The Morgan fingerprint density at radius 2 is 2.38 bits per heavy atom. The van der Waals surface area contributed by atoms with Crippen LogP contribution in [-0.2, 0) is 11.3 Å². The molecule has 0 radical (unpaired) electrons. The van der Waals surface area contributed by atoms with Crippen LogP contribution in [0.5, 0.6) is 0 Å². The predicted octanol–water partition coefficient (Wildman–Crippen LogP) is 2.91. The third-order valence-electron chi connectivity index (χ3n) is 2.34. The van der Waals surface area contributed by atoms with Gasteiger partial charge in [-0.15, -0.1) is 0 Å². The van der Waals surface area contributed by atoms with Gasteiger partial charge < -0.3 is 4.74 Å². The van der Waals surface area contributed by atoms with E-state index in [0.29, 0.717) is 12.7 Å². The number of hydrogen-bond acceptors (Lipinski definition) is 2. The smallest absolute Gasteiger partial charge is 0.0903 e. The molecule has 2 rings (SSSR count). The molecule has 0 saturated heterocycles. The second-order valence-electron chi connectivity index (χ2n) is 3.30. The fraction of sp³-hybridized carbons (Fsp3) is 0.500. The lowest BCUT2D eigenvalue weighted by Gasteiger charge is -2.25. The molecule has 1 saturated carbocycles. The van der Waals surface area contributed by atoms with Crippen LogP contribution in [0.4, 0.5) is 0 Å². The molecular formula is C10H12BrNO. The Bertz CT molecular complexity index is 286. The molecule has 70 valence electrons. The Morgan fingerprint density at radius 1 is 1.54 bits per heavy atom. The summed E-state index contributed by atoms with van der Waals surface area (Å²) < 4.78 is 6.69. The van der Waals surface area contributed by atoms with Crippen LogP contribution in [0.3, 0.4) is 0 Å². The highest BCUT2D eigenvalue weighted by atomic mass is 79.9. The molecule has 13 heavy (non-hydrogen) atoms. The highest BCUT2D eigenvalue weighted by Crippen LogP contribution is 2.24. The van der Waals surface area contributed by atoms with Crippen LogP contribution in [0.1, 0.15) is 25.0 Å². The number of aromatic nitrogens is 1. The average molecular weight is 242 g/mol. The van der Waals surface area contributed by atoms with E-state index < -0.39 is 0 Å². The first-order valence-electron chi connectivity index (χ1n) is 4.57. The van der Waals surface area contributed by atoms with E-state index in [9.17, 15) is 0 Å². The Kier molecular flexibility index (Phi) is 2.96. The zero-order valence-electron chi connectivity index (χ0n) is 7.37. The van der Waals surface area contributed by atoms with Crippen molar-refractivity contribution < 1.29 is 4.74 Å². The second-order valence-corrected chi connectivity index (χ2v) is 4.15. The minimum atomic E-state index is 0.480. The normalized spacial score (nSPS) is 17.0. The van der Waals surface area contributed by atoms with Crippen molar-refractivity contribution in [2.75, 3.05) is 0 Å². The summed E-state index contributed by atoms with van der Waals surface area (Å²) in [4.78, 5) is 4.24. The van der Waals surface area contributed by atoms with Crippen LogP contribution in [0.2, 0.25) is 0 Å². The largest absolute Gasteiger partial charge is 0.372 e. The molecule has 1 fully saturated rings. The zero-order valence-corrected chi connectivity index (χ0v) is 8.96. The fourth-order valence-corrected chi connectivity index (χ4v) is 1.63. The summed E-state index contributed by atoms with van der Waals surface area (Å²) in [5.41, 5.74) is 0.995. The zero-order chi connectivity index (χ0) is 9.10. The van der Waals surface area contributed by atoms with Gasteiger partial charge in [-0.3, -0.25) is 4.98 Å². The molecule has 1 aromatic heterocycles. The third kappa shape index (κ3) is 2.29. The Labute approximate surface area is 86.5 Å². The van der Waals surface area contributed by atoms with Gasteiger partial charge in [0.25, 0.3) is 0 Å². The number of ether oxygens (including phenoxy) is 1. The molecule has 0 amide bonds. The van der Waals surface area contributed by atoms with Crippen molar-refractivity contribution in [2.45, 2.75) is 32.0 Å². The lowest BCUT2D eigenvalue weighted by molar-refractivity contribution is -0.0103. The van der Waals surface area contributed by atoms with E-state index in [0.717, 1.165) is 10.2 Å². The minimum Gasteiger partial charge on any atom is -0.372 e. The van der Waals surface area contributed by atoms with Gasteiger partial charge in [-0.25, -0.2) is 0 Å². The topological polar surface area (TPSA) is 22.1 Å². The van der Waals surface area contributed by atoms with Crippen LogP contribution in [0.25, 0.3) is 0 Å². The molecule has 1 aliphatic carbocycles. The molecule has 0 atom stereocenters. The van der Waals surface area contributed by atoms with Gasteiger partial charge in [0.15, 0.2) is 0 Å². The molecular weight excluding hydrogens is 230 g/mol. The molecule has 1 heterocycles. The summed E-state index contributed by atoms with van der Waals surface area (Å²) in [6, 6.07) is 3.91. The second kappa shape index (κ2) is 4.20. The highest BCUT2D eigenvalue weighted by Gasteiger charge is 2.18. The van der Waals surface area contributed by atoms with Gasteiger partial charge in [-0.05, 0) is 47.3 Å². The van der Waals surface area contributed by atoms with Crippen molar-refractivity contribution in [1.29, 1.82) is 0 Å². The number of pyridine rings is 1. The molecule has 1 aliphatic rings. The number of rotatable bonds is 3. The van der Waals surface area contributed by atoms with Crippen LogP contribution in [0, 0.1) is 0 Å². The standard InChI is InChI=1S/C10H12BrNO/c11-9-5-2-6-12-10(9)7-13-8-3-1-4-8/h2,5-6,8H,1,3-4,7H2. The van der Waals surface area contributed by atoms with Gasteiger partial charge in [0.1, 0.15) is 0 Å². The molecule has 0 spiro atoms. The maximum Gasteiger partial charge on any atom is 0.0903 e. The first-order chi connectivity index (χ1) is 6.36. The van der Waals surface area contributed by atoms with Crippen molar-refractivity contribution in [3.05, 3.63) is 28.5 Å². The molecule has 0 aromatic carbocycles. The van der Waals surface area contributed by atoms with Crippen molar-refractivity contribution in [1.82, 2.24) is 4.98 Å². The van der Waals surface area contributed by atoms with E-state index in [1.165, 1.54) is 19.3 Å². The van der Waals surface area contributed by atoms with E-state index in [-0.39, 0.29) is 0 Å². The predicted molar refractivity (Wildman–Crippen MR) is 54.4 cm³/mol. The maximum atomic E-state index is 5.65. The Balaban J connectivity index is 1.89. The van der Waals surface area contributed by atoms with E-state index in [4.69, 9.17) is 4.74 Å². The summed E-state index contributed by atoms with van der Waals surface area (Å²) in [5, 5.41) is 0. The lowest BCUT2D eigenvalue weighted by atomic mass is 9.96. The lowest BCUT2D eigenvalue weighted by Crippen LogP contribution is -2.21. The van der Waals surface area contributed by atoms with E-state index in [2.05, 4.69) is 20.9 Å². The first-order valence-corrected chi connectivity index (χ1v) is 5.36. The molecule has 0 N–H and O–H groups in total. The molecule has 1 aromatic rings. The van der Waals surface area contributed by atoms with Crippen LogP contribution < -0.4 is 0 Å². The van der Waals surface area contributed by atoms with Gasteiger partial charge in [-0.2, -0.15) is 0 Å². The summed E-state index contributed by atoms with van der Waals surface area (Å²) in [7, 11) is 0. The van der Waals surface area contributed by atoms with E-state index >= 15 is 0 Å². The van der Waals surface area contributed by atoms with Crippen molar-refractivity contribution in [2.24, 2.45) is 0 Å². The van der Waals surface area contributed by atoms with Crippen LogP contribution in [0.15, 0.2) is 22.8 Å². The van der Waals surface area contributed by atoms with Crippen LogP contribution in [-0.4, -0.2) is 11.1 Å². The third-order valence-corrected chi connectivity index (χ3v) is 3.06. The van der Waals surface area contributed by atoms with E-state index in [1.54, 1.807) is 6.20 Å². The Hall–Kier alpha value is -0.410. The summed E-state index contributed by atoms with van der Waals surface area (Å²) >= 11 is 3.44. The van der Waals surface area contributed by atoms with Crippen molar-refractivity contribution >= 4 is 15.9 Å². The Morgan fingerprint density at radius 3 is 3.00 bits per heavy atom. The maximum absolute atomic E-state index is 5.65. The van der Waals surface area contributed by atoms with Gasteiger partial charge in [-0.1, -0.05) is 0 Å². The number of hydrogen-bond donors (Lipinski definition) is 0. The van der Waals surface area contributed by atoms with Crippen molar-refractivity contribution in [3.63, 3.8) is 0 Å². The molecule has 0 bridgehead atoms. The quantitative estimate of drug-likeness (QED) is 0.812. The number of nitrogens with zero attached hydrogens (tertiary/aromatic N) is 1. The summed E-state index contributed by atoms with van der Waals surface area (Å²) in [5.74, 6) is 0. The minimum absolute atomic E-state index is 0.480. The molecule has 2 nitrogen and oxygen atoms in total. The highest BCUT2D eigenvalue weighted by molar-refractivity contribution is 9.10. The van der Waals surface area contributed by atoms with Gasteiger partial charge in [0, 0.05) is 10.7 Å². The SMILES string of the molecule is Brc1cccnc1COC1CCC1. The van der Waals surface area contributed by atoms with Gasteiger partial charge in [0.2, 0.25) is 0 Å². The van der Waals surface area contributed by atoms with Crippen molar-refractivity contribution in [3.8, 4) is 0 Å². The molecule has 0 aliphatic heterocycles. The van der Waals surface area contributed by atoms with E-state index in [1.807, 2.05) is 12.1 Å². The average Bonchev–Trinajstić information content (AvgIpc) is 2.05. The monoisotopic (exact) mass is 241 g/mol. The fourth-order valence-electron chi connectivity index (χ4n) is 1.26. The van der Waals surface area contributed by atoms with Crippen LogP contribution >= 0.6 is 15.9 Å². The molecule has 3 heteroatoms. The van der Waals surface area contributed by atoms with Gasteiger partial charge >= 0.3 is 0 Å². The van der Waals surface area contributed by atoms with Gasteiger partial charge in [0.05, 0.1) is 18.4 Å². The summed E-state index contributed by atoms with van der Waals surface area (Å²) in [6.07, 6.45) is 6.02. The summed E-state index contributed by atoms with van der Waals surface area (Å²) in [6.45, 7) is 0.631. The molecule has 0 unspecified atom stereocenters. The number of halogens is 1. The first kappa shape index (κ1) is 9.16.